The van der Waals surface area contributed by atoms with E-state index in [4.69, 9.17) is 16.9 Å². The van der Waals surface area contributed by atoms with E-state index in [1.165, 1.54) is 0 Å². The van der Waals surface area contributed by atoms with Gasteiger partial charge in [-0.05, 0) is 43.3 Å². The number of aryl methyl sites for hydroxylation is 1. The van der Waals surface area contributed by atoms with E-state index in [9.17, 15) is 4.79 Å². The van der Waals surface area contributed by atoms with Crippen molar-refractivity contribution in [2.24, 2.45) is 0 Å². The highest BCUT2D eigenvalue weighted by molar-refractivity contribution is 6.07. The number of nitrogen functional groups attached to an aromatic ring is 1. The summed E-state index contributed by atoms with van der Waals surface area (Å²) in [5.41, 5.74) is 8.12. The lowest BCUT2D eigenvalue weighted by atomic mass is 10.2. The molecule has 0 aliphatic heterocycles. The number of nitrogens with two attached hydrogens (primary N) is 1. The van der Waals surface area contributed by atoms with E-state index in [0.717, 1.165) is 5.69 Å². The second-order valence-corrected chi connectivity index (χ2v) is 5.61. The summed E-state index contributed by atoms with van der Waals surface area (Å²) in [6, 6.07) is 17.7. The van der Waals surface area contributed by atoms with Crippen LogP contribution in [0.15, 0.2) is 60.7 Å². The number of nitrogens with zero attached hydrogens (tertiary/aromatic N) is 1. The van der Waals surface area contributed by atoms with Crippen LogP contribution in [0, 0.1) is 19.3 Å². The Balaban J connectivity index is 1.79. The van der Waals surface area contributed by atoms with E-state index < -0.39 is 0 Å². The second-order valence-electron chi connectivity index (χ2n) is 5.61. The maximum atomic E-state index is 12.4. The molecule has 0 aliphatic rings. The highest BCUT2D eigenvalue weighted by atomic mass is 16.5. The molecule has 0 aliphatic carbocycles. The molecule has 1 amide bonds. The minimum absolute atomic E-state index is 0.192. The highest BCUT2D eigenvalue weighted by Gasteiger charge is 2.12. The average molecular weight is 343 g/mol. The van der Waals surface area contributed by atoms with Crippen LogP contribution in [0.2, 0.25) is 0 Å². The minimum atomic E-state index is -0.337. The Bertz CT molecular complexity index is 1010. The van der Waals surface area contributed by atoms with Crippen LogP contribution in [0.3, 0.4) is 0 Å². The van der Waals surface area contributed by atoms with Crippen LogP contribution in [0.5, 0.6) is 11.5 Å². The fourth-order valence-corrected chi connectivity index (χ4v) is 2.41. The molecular weight excluding hydrogens is 326 g/mol. The number of terminal acetylenes is 1. The van der Waals surface area contributed by atoms with Crippen molar-refractivity contribution in [3.8, 4) is 23.8 Å². The van der Waals surface area contributed by atoms with Crippen molar-refractivity contribution in [3.05, 3.63) is 77.5 Å². The molecule has 5 nitrogen and oxygen atoms in total. The molecule has 3 rings (SSSR count). The van der Waals surface area contributed by atoms with E-state index in [2.05, 4.69) is 16.2 Å². The molecule has 2 aromatic carbocycles. The Kier molecular flexibility index (Phi) is 4.86. The summed E-state index contributed by atoms with van der Waals surface area (Å²) in [4.78, 5) is 16.5. The minimum Gasteiger partial charge on any atom is -0.456 e. The summed E-state index contributed by atoms with van der Waals surface area (Å²) in [6.45, 7) is 1.81. The molecule has 0 unspecified atom stereocenters. The lowest BCUT2D eigenvalue weighted by Crippen LogP contribution is -2.15. The first-order valence-corrected chi connectivity index (χ1v) is 7.95. The topological polar surface area (TPSA) is 77.2 Å². The lowest BCUT2D eigenvalue weighted by Gasteiger charge is -2.11. The number of benzene rings is 2. The number of nitrogens with one attached hydrogen (secondary N) is 1. The van der Waals surface area contributed by atoms with Crippen molar-refractivity contribution in [1.82, 2.24) is 4.98 Å². The molecule has 0 saturated heterocycles. The van der Waals surface area contributed by atoms with Gasteiger partial charge in [0.2, 0.25) is 0 Å². The number of para-hydroxylation sites is 1. The third kappa shape index (κ3) is 3.82. The smallest absolute Gasteiger partial charge is 0.259 e. The number of pyridine rings is 1. The molecule has 3 N–H and O–H groups in total. The van der Waals surface area contributed by atoms with E-state index in [1.807, 2.05) is 19.1 Å². The van der Waals surface area contributed by atoms with Gasteiger partial charge in [-0.3, -0.25) is 4.79 Å². The first-order valence-electron chi connectivity index (χ1n) is 7.95. The van der Waals surface area contributed by atoms with Crippen molar-refractivity contribution in [2.75, 3.05) is 11.1 Å². The van der Waals surface area contributed by atoms with Crippen LogP contribution in [0.1, 0.15) is 21.6 Å². The molecule has 3 aromatic rings. The molecule has 1 aromatic heterocycles. The second kappa shape index (κ2) is 7.41. The lowest BCUT2D eigenvalue weighted by molar-refractivity contribution is 0.102. The number of aromatic nitrogens is 1. The van der Waals surface area contributed by atoms with Gasteiger partial charge in [0, 0.05) is 17.4 Å². The zero-order valence-electron chi connectivity index (χ0n) is 14.2. The van der Waals surface area contributed by atoms with Gasteiger partial charge < -0.3 is 15.8 Å². The summed E-state index contributed by atoms with van der Waals surface area (Å²) < 4.78 is 5.84. The normalized spacial score (nSPS) is 10.0. The van der Waals surface area contributed by atoms with Crippen LogP contribution in [-0.2, 0) is 0 Å². The van der Waals surface area contributed by atoms with E-state index in [1.54, 1.807) is 48.5 Å². The Morgan fingerprint density at radius 1 is 1.15 bits per heavy atom. The third-order valence-electron chi connectivity index (χ3n) is 3.67. The van der Waals surface area contributed by atoms with Gasteiger partial charge in [0.15, 0.2) is 0 Å². The van der Waals surface area contributed by atoms with Gasteiger partial charge in [-0.15, -0.1) is 6.42 Å². The van der Waals surface area contributed by atoms with Crippen molar-refractivity contribution in [1.29, 1.82) is 0 Å². The summed E-state index contributed by atoms with van der Waals surface area (Å²) in [5.74, 6) is 3.57. The van der Waals surface area contributed by atoms with E-state index in [-0.39, 0.29) is 11.7 Å². The van der Waals surface area contributed by atoms with Gasteiger partial charge in [0.25, 0.3) is 5.91 Å². The zero-order valence-corrected chi connectivity index (χ0v) is 14.2. The average Bonchev–Trinajstić information content (AvgIpc) is 2.62. The Hall–Kier alpha value is -3.78. The van der Waals surface area contributed by atoms with Gasteiger partial charge in [-0.1, -0.05) is 24.1 Å². The van der Waals surface area contributed by atoms with Gasteiger partial charge >= 0.3 is 0 Å². The zero-order chi connectivity index (χ0) is 18.5. The Morgan fingerprint density at radius 3 is 2.73 bits per heavy atom. The van der Waals surface area contributed by atoms with E-state index in [0.29, 0.717) is 28.3 Å². The number of amides is 1. The molecule has 26 heavy (non-hydrogen) atoms. The molecule has 0 fully saturated rings. The number of anilines is 2. The molecule has 0 bridgehead atoms. The Morgan fingerprint density at radius 2 is 1.96 bits per heavy atom. The molecule has 0 saturated carbocycles. The SMILES string of the molecule is C#Cc1ccccc1Oc1cccc(NC(=O)c2ccc(C)nc2N)c1. The van der Waals surface area contributed by atoms with Gasteiger partial charge in [0.05, 0.1) is 11.1 Å². The fraction of sp³-hybridized carbons (Fsp3) is 0.0476. The van der Waals surface area contributed by atoms with Gasteiger partial charge in [-0.2, -0.15) is 0 Å². The fourth-order valence-electron chi connectivity index (χ4n) is 2.41. The molecule has 0 spiro atoms. The molecule has 128 valence electrons. The van der Waals surface area contributed by atoms with Crippen molar-refractivity contribution in [2.45, 2.75) is 6.92 Å². The number of rotatable bonds is 4. The predicted molar refractivity (Wildman–Crippen MR) is 102 cm³/mol. The van der Waals surface area contributed by atoms with Gasteiger partial charge in [0.1, 0.15) is 17.3 Å². The molecule has 5 heteroatoms. The van der Waals surface area contributed by atoms with Crippen LogP contribution in [0.4, 0.5) is 11.5 Å². The van der Waals surface area contributed by atoms with Crippen LogP contribution in [0.25, 0.3) is 0 Å². The van der Waals surface area contributed by atoms with Crippen LogP contribution in [-0.4, -0.2) is 10.9 Å². The summed E-state index contributed by atoms with van der Waals surface area (Å²) >= 11 is 0. The summed E-state index contributed by atoms with van der Waals surface area (Å²) in [7, 11) is 0. The summed E-state index contributed by atoms with van der Waals surface area (Å²) in [5, 5.41) is 2.79. The summed E-state index contributed by atoms with van der Waals surface area (Å²) in [6.07, 6.45) is 5.48. The highest BCUT2D eigenvalue weighted by Crippen LogP contribution is 2.27. The van der Waals surface area contributed by atoms with Crippen LogP contribution >= 0.6 is 0 Å². The van der Waals surface area contributed by atoms with Crippen molar-refractivity contribution >= 4 is 17.4 Å². The van der Waals surface area contributed by atoms with Crippen molar-refractivity contribution in [3.63, 3.8) is 0 Å². The molecule has 0 radical (unpaired) electrons. The first-order chi connectivity index (χ1) is 12.6. The standard InChI is InChI=1S/C21H17N3O2/c1-3-15-7-4-5-10-19(15)26-17-9-6-8-16(13-17)24-21(25)18-12-11-14(2)23-20(18)22/h1,4-13H,2H3,(H2,22,23)(H,24,25). The largest absolute Gasteiger partial charge is 0.456 e. The Labute approximate surface area is 151 Å². The molecule has 0 atom stereocenters. The quantitative estimate of drug-likeness (QED) is 0.702. The molecule has 1 heterocycles. The number of hydrogen-bond acceptors (Lipinski definition) is 4. The maximum Gasteiger partial charge on any atom is 0.259 e. The number of ether oxygens (including phenoxy) is 1. The van der Waals surface area contributed by atoms with Crippen molar-refractivity contribution < 1.29 is 9.53 Å². The maximum absolute atomic E-state index is 12.4. The number of hydrogen-bond donors (Lipinski definition) is 2. The van der Waals surface area contributed by atoms with Crippen LogP contribution < -0.4 is 15.8 Å². The van der Waals surface area contributed by atoms with Gasteiger partial charge in [-0.25, -0.2) is 4.98 Å². The van der Waals surface area contributed by atoms with E-state index >= 15 is 0 Å². The third-order valence-corrected chi connectivity index (χ3v) is 3.67. The molecular formula is C21H17N3O2. The predicted octanol–water partition coefficient (Wildman–Crippen LogP) is 4.00. The number of carbonyl (C=O) groups excluding carboxylic acids is 1. The monoisotopic (exact) mass is 343 g/mol. The number of carbonyl (C=O) groups is 1. The first kappa shape index (κ1) is 17.1.